The summed E-state index contributed by atoms with van der Waals surface area (Å²) >= 11 is 0. The normalized spacial score (nSPS) is 13.4. The number of nitrogens with zero attached hydrogens (tertiary/aromatic N) is 1. The lowest BCUT2D eigenvalue weighted by molar-refractivity contribution is 0.0742. The van der Waals surface area contributed by atoms with Gasteiger partial charge in [0.15, 0.2) is 9.84 Å². The van der Waals surface area contributed by atoms with Gasteiger partial charge in [0.1, 0.15) is 0 Å². The molecule has 0 aliphatic heterocycles. The van der Waals surface area contributed by atoms with Gasteiger partial charge in [-0.1, -0.05) is 12.1 Å². The Morgan fingerprint density at radius 3 is 2.00 bits per heavy atom. The fraction of sp³-hybridized carbons (Fsp3) is 0.316. The molecule has 0 aromatic heterocycles. The second-order valence-corrected chi connectivity index (χ2v) is 10.9. The fourth-order valence-corrected chi connectivity index (χ4v) is 4.24. The standard InChI is InChI=1S/C19H24N2O5S2/c1-13(2)27(23,24)17-10-8-15(9-11-17)19(22)21(4)14(3)16-6-5-7-18(12-16)28(20,25)26/h5-14H,1-4H3,(H2,20,25,26). The maximum Gasteiger partial charge on any atom is 0.254 e. The minimum Gasteiger partial charge on any atom is -0.335 e. The first-order chi connectivity index (χ1) is 12.9. The molecule has 0 heterocycles. The zero-order chi connectivity index (χ0) is 21.3. The average Bonchev–Trinajstić information content (AvgIpc) is 2.65. The average molecular weight is 425 g/mol. The summed E-state index contributed by atoms with van der Waals surface area (Å²) in [6, 6.07) is 11.5. The molecule has 0 aliphatic carbocycles. The largest absolute Gasteiger partial charge is 0.335 e. The highest BCUT2D eigenvalue weighted by Crippen LogP contribution is 2.24. The number of carbonyl (C=O) groups is 1. The van der Waals surface area contributed by atoms with Crippen LogP contribution in [0.4, 0.5) is 0 Å². The lowest BCUT2D eigenvalue weighted by Crippen LogP contribution is -2.30. The van der Waals surface area contributed by atoms with E-state index >= 15 is 0 Å². The highest BCUT2D eigenvalue weighted by atomic mass is 32.2. The van der Waals surface area contributed by atoms with E-state index in [4.69, 9.17) is 5.14 Å². The fourth-order valence-electron chi connectivity index (χ4n) is 2.61. The summed E-state index contributed by atoms with van der Waals surface area (Å²) in [5.74, 6) is -0.318. The van der Waals surface area contributed by atoms with Crippen molar-refractivity contribution in [3.63, 3.8) is 0 Å². The van der Waals surface area contributed by atoms with Gasteiger partial charge in [0.2, 0.25) is 10.0 Å². The topological polar surface area (TPSA) is 115 Å². The quantitative estimate of drug-likeness (QED) is 0.764. The van der Waals surface area contributed by atoms with Gasteiger partial charge in [-0.3, -0.25) is 4.79 Å². The molecule has 0 saturated carbocycles. The Morgan fingerprint density at radius 1 is 0.929 bits per heavy atom. The number of carbonyl (C=O) groups excluding carboxylic acids is 1. The predicted octanol–water partition coefficient (Wildman–Crippen LogP) is 2.35. The van der Waals surface area contributed by atoms with E-state index in [9.17, 15) is 21.6 Å². The summed E-state index contributed by atoms with van der Waals surface area (Å²) in [7, 11) is -5.66. The number of primary sulfonamides is 1. The van der Waals surface area contributed by atoms with Crippen molar-refractivity contribution in [3.8, 4) is 0 Å². The zero-order valence-corrected chi connectivity index (χ0v) is 17.8. The van der Waals surface area contributed by atoms with E-state index < -0.39 is 31.2 Å². The Balaban J connectivity index is 2.27. The molecule has 0 aliphatic rings. The molecule has 9 heteroatoms. The van der Waals surface area contributed by atoms with Gasteiger partial charge >= 0.3 is 0 Å². The summed E-state index contributed by atoms with van der Waals surface area (Å²) in [5, 5.41) is 4.61. The number of nitrogens with two attached hydrogens (primary N) is 1. The van der Waals surface area contributed by atoms with Crippen LogP contribution < -0.4 is 5.14 Å². The number of amides is 1. The van der Waals surface area contributed by atoms with Gasteiger partial charge in [0, 0.05) is 12.6 Å². The van der Waals surface area contributed by atoms with Crippen LogP contribution in [0, 0.1) is 0 Å². The van der Waals surface area contributed by atoms with Crippen LogP contribution in [-0.4, -0.2) is 39.9 Å². The van der Waals surface area contributed by atoms with Crippen molar-refractivity contribution in [3.05, 3.63) is 59.7 Å². The first-order valence-corrected chi connectivity index (χ1v) is 11.7. The van der Waals surface area contributed by atoms with Gasteiger partial charge in [-0.15, -0.1) is 0 Å². The van der Waals surface area contributed by atoms with Gasteiger partial charge in [0.25, 0.3) is 5.91 Å². The lowest BCUT2D eigenvalue weighted by Gasteiger charge is -2.26. The summed E-state index contributed by atoms with van der Waals surface area (Å²) in [6.07, 6.45) is 0. The summed E-state index contributed by atoms with van der Waals surface area (Å²) in [4.78, 5) is 14.4. The Labute approximate surface area is 166 Å². The van der Waals surface area contributed by atoms with Crippen LogP contribution in [-0.2, 0) is 19.9 Å². The molecule has 2 N–H and O–H groups in total. The van der Waals surface area contributed by atoms with Gasteiger partial charge in [-0.25, -0.2) is 22.0 Å². The zero-order valence-electron chi connectivity index (χ0n) is 16.2. The molecule has 1 unspecified atom stereocenters. The second kappa shape index (κ2) is 8.02. The molecular weight excluding hydrogens is 400 g/mol. The molecule has 7 nitrogen and oxygen atoms in total. The maximum atomic E-state index is 12.8. The molecule has 28 heavy (non-hydrogen) atoms. The van der Waals surface area contributed by atoms with Crippen molar-refractivity contribution in [2.75, 3.05) is 7.05 Å². The second-order valence-electron chi connectivity index (χ2n) is 6.83. The van der Waals surface area contributed by atoms with Crippen LogP contribution in [0.15, 0.2) is 58.3 Å². The number of rotatable bonds is 6. The highest BCUT2D eigenvalue weighted by Gasteiger charge is 2.22. The third-order valence-electron chi connectivity index (χ3n) is 4.62. The molecule has 1 atom stereocenters. The van der Waals surface area contributed by atoms with Crippen LogP contribution in [0.2, 0.25) is 0 Å². The summed E-state index contributed by atoms with van der Waals surface area (Å²) in [6.45, 7) is 4.96. The van der Waals surface area contributed by atoms with E-state index in [-0.39, 0.29) is 15.7 Å². The van der Waals surface area contributed by atoms with Gasteiger partial charge in [-0.2, -0.15) is 0 Å². The van der Waals surface area contributed by atoms with Crippen molar-refractivity contribution >= 4 is 25.8 Å². The van der Waals surface area contributed by atoms with E-state index in [1.165, 1.54) is 41.3 Å². The van der Waals surface area contributed by atoms with Crippen molar-refractivity contribution in [2.45, 2.75) is 41.9 Å². The lowest BCUT2D eigenvalue weighted by atomic mass is 10.1. The molecule has 0 saturated heterocycles. The molecule has 0 bridgehead atoms. The van der Waals surface area contributed by atoms with Crippen LogP contribution >= 0.6 is 0 Å². The van der Waals surface area contributed by atoms with Crippen LogP contribution in [0.1, 0.15) is 42.7 Å². The van der Waals surface area contributed by atoms with Crippen molar-refractivity contribution in [1.29, 1.82) is 0 Å². The Kier molecular flexibility index (Phi) is 6.32. The van der Waals surface area contributed by atoms with E-state index in [0.29, 0.717) is 11.1 Å². The van der Waals surface area contributed by atoms with E-state index in [1.807, 2.05) is 0 Å². The highest BCUT2D eigenvalue weighted by molar-refractivity contribution is 7.92. The Bertz CT molecular complexity index is 1080. The van der Waals surface area contributed by atoms with E-state index in [1.54, 1.807) is 40.0 Å². The third kappa shape index (κ3) is 4.60. The van der Waals surface area contributed by atoms with Crippen LogP contribution in [0.5, 0.6) is 0 Å². The smallest absolute Gasteiger partial charge is 0.254 e. The van der Waals surface area contributed by atoms with Crippen molar-refractivity contribution in [2.24, 2.45) is 5.14 Å². The number of benzene rings is 2. The molecule has 0 spiro atoms. The third-order valence-corrected chi connectivity index (χ3v) is 7.70. The molecule has 2 rings (SSSR count). The number of sulfone groups is 1. The van der Waals surface area contributed by atoms with Gasteiger partial charge in [0.05, 0.1) is 21.1 Å². The first kappa shape index (κ1) is 22.1. The number of sulfonamides is 1. The Hall–Kier alpha value is -2.23. The predicted molar refractivity (Wildman–Crippen MR) is 107 cm³/mol. The van der Waals surface area contributed by atoms with Crippen molar-refractivity contribution < 1.29 is 21.6 Å². The molecule has 0 radical (unpaired) electrons. The van der Waals surface area contributed by atoms with Gasteiger partial charge in [-0.05, 0) is 62.7 Å². The number of hydrogen-bond acceptors (Lipinski definition) is 5. The molecular formula is C19H24N2O5S2. The van der Waals surface area contributed by atoms with Gasteiger partial charge < -0.3 is 4.90 Å². The Morgan fingerprint density at radius 2 is 1.50 bits per heavy atom. The molecule has 1 amide bonds. The molecule has 2 aromatic rings. The SMILES string of the molecule is CC(c1cccc(S(N)(=O)=O)c1)N(C)C(=O)c1ccc(S(=O)(=O)C(C)C)cc1. The first-order valence-electron chi connectivity index (χ1n) is 8.59. The summed E-state index contributed by atoms with van der Waals surface area (Å²) in [5.41, 5.74) is 0.945. The summed E-state index contributed by atoms with van der Waals surface area (Å²) < 4.78 is 47.5. The van der Waals surface area contributed by atoms with Crippen LogP contribution in [0.3, 0.4) is 0 Å². The van der Waals surface area contributed by atoms with Crippen molar-refractivity contribution in [1.82, 2.24) is 4.90 Å². The maximum absolute atomic E-state index is 12.8. The minimum absolute atomic E-state index is 0.0269. The minimum atomic E-state index is -3.84. The number of hydrogen-bond donors (Lipinski definition) is 1. The van der Waals surface area contributed by atoms with Crippen LogP contribution in [0.25, 0.3) is 0 Å². The molecule has 152 valence electrons. The molecule has 2 aromatic carbocycles. The van der Waals surface area contributed by atoms with E-state index in [0.717, 1.165) is 0 Å². The molecule has 0 fully saturated rings. The van der Waals surface area contributed by atoms with E-state index in [2.05, 4.69) is 0 Å². The monoisotopic (exact) mass is 424 g/mol.